The van der Waals surface area contributed by atoms with Gasteiger partial charge in [-0.15, -0.1) is 0 Å². The van der Waals surface area contributed by atoms with Crippen molar-refractivity contribution in [3.8, 4) is 0 Å². The van der Waals surface area contributed by atoms with E-state index < -0.39 is 0 Å². The van der Waals surface area contributed by atoms with Crippen LogP contribution in [0.5, 0.6) is 0 Å². The third-order valence-corrected chi connectivity index (χ3v) is 5.31. The number of nitrogens with zero attached hydrogens (tertiary/aromatic N) is 2. The van der Waals surface area contributed by atoms with Gasteiger partial charge >= 0.3 is 0 Å². The van der Waals surface area contributed by atoms with Gasteiger partial charge in [0.25, 0.3) is 0 Å². The lowest BCUT2D eigenvalue weighted by Gasteiger charge is -2.40. The summed E-state index contributed by atoms with van der Waals surface area (Å²) in [5, 5.41) is 3.59. The first-order valence-corrected chi connectivity index (χ1v) is 8.25. The van der Waals surface area contributed by atoms with Crippen molar-refractivity contribution in [2.24, 2.45) is 0 Å². The second-order valence-corrected chi connectivity index (χ2v) is 6.42. The van der Waals surface area contributed by atoms with Gasteiger partial charge in [0.2, 0.25) is 0 Å². The van der Waals surface area contributed by atoms with Crippen LogP contribution in [0.4, 0.5) is 11.4 Å². The van der Waals surface area contributed by atoms with Gasteiger partial charge in [0.05, 0.1) is 11.4 Å². The third kappa shape index (κ3) is 1.76. The second-order valence-electron chi connectivity index (χ2n) is 6.42. The number of unbranched alkanes of at least 4 members (excludes halogenated alkanes) is 1. The fourth-order valence-corrected chi connectivity index (χ4v) is 4.32. The predicted octanol–water partition coefficient (Wildman–Crippen LogP) is 2.57. The summed E-state index contributed by atoms with van der Waals surface area (Å²) >= 11 is 0. The maximum Gasteiger partial charge on any atom is 0.0644 e. The Morgan fingerprint density at radius 2 is 2.25 bits per heavy atom. The van der Waals surface area contributed by atoms with Gasteiger partial charge in [-0.1, -0.05) is 25.5 Å². The summed E-state index contributed by atoms with van der Waals surface area (Å²) in [6.07, 6.45) is 3.89. The molecule has 0 amide bonds. The van der Waals surface area contributed by atoms with Crippen LogP contribution in [-0.2, 0) is 0 Å². The van der Waals surface area contributed by atoms with E-state index in [0.29, 0.717) is 5.92 Å². The molecule has 1 saturated heterocycles. The number of rotatable bonds is 3. The molecule has 3 aliphatic rings. The lowest BCUT2D eigenvalue weighted by atomic mass is 9.90. The van der Waals surface area contributed by atoms with Gasteiger partial charge < -0.3 is 15.1 Å². The summed E-state index contributed by atoms with van der Waals surface area (Å²) in [6.45, 7) is 8.26. The Bertz CT molecular complexity index is 499. The van der Waals surface area contributed by atoms with Gasteiger partial charge in [0.15, 0.2) is 0 Å². The van der Waals surface area contributed by atoms with E-state index in [9.17, 15) is 0 Å². The quantitative estimate of drug-likeness (QED) is 0.911. The molecule has 20 heavy (non-hydrogen) atoms. The van der Waals surface area contributed by atoms with Crippen LogP contribution < -0.4 is 15.1 Å². The van der Waals surface area contributed by atoms with Crippen LogP contribution in [0.15, 0.2) is 18.2 Å². The lowest BCUT2D eigenvalue weighted by Crippen LogP contribution is -2.48. The average Bonchev–Trinajstić information content (AvgIpc) is 2.83. The number of benzene rings is 1. The molecule has 3 heteroatoms. The normalized spacial score (nSPS) is 27.4. The molecular formula is C17H25N3. The highest BCUT2D eigenvalue weighted by Gasteiger charge is 2.43. The van der Waals surface area contributed by atoms with Gasteiger partial charge in [0, 0.05) is 38.1 Å². The molecule has 1 N–H and O–H groups in total. The Kier molecular flexibility index (Phi) is 3.10. The SMILES string of the molecule is CCCCN1CCN2c3c(cccc31)C1CNCCC12. The first-order chi connectivity index (χ1) is 9.90. The number of hydrogen-bond acceptors (Lipinski definition) is 3. The van der Waals surface area contributed by atoms with Crippen LogP contribution in [0.25, 0.3) is 0 Å². The Labute approximate surface area is 121 Å². The highest BCUT2D eigenvalue weighted by Crippen LogP contribution is 2.49. The highest BCUT2D eigenvalue weighted by molar-refractivity contribution is 5.81. The van der Waals surface area contributed by atoms with Crippen molar-refractivity contribution >= 4 is 11.4 Å². The van der Waals surface area contributed by atoms with Gasteiger partial charge in [-0.2, -0.15) is 0 Å². The molecule has 3 nitrogen and oxygen atoms in total. The summed E-state index contributed by atoms with van der Waals surface area (Å²) in [5.74, 6) is 0.713. The predicted molar refractivity (Wildman–Crippen MR) is 84.9 cm³/mol. The molecule has 0 aliphatic carbocycles. The fourth-order valence-electron chi connectivity index (χ4n) is 4.32. The summed E-state index contributed by atoms with van der Waals surface area (Å²) in [5.41, 5.74) is 4.66. The number of nitrogens with one attached hydrogen (secondary N) is 1. The monoisotopic (exact) mass is 271 g/mol. The van der Waals surface area contributed by atoms with Crippen molar-refractivity contribution in [3.05, 3.63) is 23.8 Å². The van der Waals surface area contributed by atoms with Crippen LogP contribution in [0, 0.1) is 0 Å². The van der Waals surface area contributed by atoms with Crippen molar-refractivity contribution in [2.75, 3.05) is 42.5 Å². The molecule has 0 spiro atoms. The Balaban J connectivity index is 1.73. The van der Waals surface area contributed by atoms with E-state index in [1.165, 1.54) is 51.1 Å². The summed E-state index contributed by atoms with van der Waals surface area (Å²) in [7, 11) is 0. The molecule has 0 bridgehead atoms. The van der Waals surface area contributed by atoms with Gasteiger partial charge in [-0.25, -0.2) is 0 Å². The van der Waals surface area contributed by atoms with Crippen molar-refractivity contribution < 1.29 is 0 Å². The molecule has 2 atom stereocenters. The Morgan fingerprint density at radius 3 is 3.15 bits per heavy atom. The second kappa shape index (κ2) is 4.96. The number of hydrogen-bond donors (Lipinski definition) is 1. The molecule has 3 aliphatic heterocycles. The third-order valence-electron chi connectivity index (χ3n) is 5.31. The van der Waals surface area contributed by atoms with E-state index in [4.69, 9.17) is 0 Å². The van der Waals surface area contributed by atoms with E-state index in [1.807, 2.05) is 0 Å². The van der Waals surface area contributed by atoms with Crippen LogP contribution in [0.1, 0.15) is 37.7 Å². The zero-order valence-corrected chi connectivity index (χ0v) is 12.4. The number of anilines is 2. The molecular weight excluding hydrogens is 246 g/mol. The standard InChI is InChI=1S/C17H25N3/c1-2-3-9-19-10-11-20-15-7-8-18-12-14(15)13-5-4-6-16(19)17(13)20/h4-6,14-15,18H,2-3,7-12H2,1H3. The molecule has 1 aromatic rings. The van der Waals surface area contributed by atoms with Gasteiger partial charge in [-0.3, -0.25) is 0 Å². The zero-order valence-electron chi connectivity index (χ0n) is 12.4. The summed E-state index contributed by atoms with van der Waals surface area (Å²) in [4.78, 5) is 5.34. The van der Waals surface area contributed by atoms with Crippen molar-refractivity contribution in [2.45, 2.75) is 38.1 Å². The topological polar surface area (TPSA) is 18.5 Å². The molecule has 108 valence electrons. The number of para-hydroxylation sites is 1. The average molecular weight is 271 g/mol. The van der Waals surface area contributed by atoms with E-state index in [0.717, 1.165) is 12.6 Å². The first-order valence-electron chi connectivity index (χ1n) is 8.25. The maximum atomic E-state index is 3.59. The molecule has 2 unspecified atom stereocenters. The number of fused-ring (bicyclic) bond motifs is 3. The molecule has 0 radical (unpaired) electrons. The highest BCUT2D eigenvalue weighted by atomic mass is 15.3. The minimum Gasteiger partial charge on any atom is -0.368 e. The fraction of sp³-hybridized carbons (Fsp3) is 0.647. The van der Waals surface area contributed by atoms with Crippen molar-refractivity contribution in [3.63, 3.8) is 0 Å². The summed E-state index contributed by atoms with van der Waals surface area (Å²) in [6, 6.07) is 7.73. The van der Waals surface area contributed by atoms with Gasteiger partial charge in [0.1, 0.15) is 0 Å². The molecule has 3 heterocycles. The minimum absolute atomic E-state index is 0.713. The smallest absolute Gasteiger partial charge is 0.0644 e. The van der Waals surface area contributed by atoms with E-state index in [-0.39, 0.29) is 0 Å². The minimum atomic E-state index is 0.713. The number of piperidine rings is 1. The Hall–Kier alpha value is -1.22. The summed E-state index contributed by atoms with van der Waals surface area (Å²) < 4.78 is 0. The molecule has 0 aromatic heterocycles. The molecule has 1 aromatic carbocycles. The van der Waals surface area contributed by atoms with Crippen molar-refractivity contribution in [1.82, 2.24) is 5.32 Å². The Morgan fingerprint density at radius 1 is 1.30 bits per heavy atom. The van der Waals surface area contributed by atoms with E-state index >= 15 is 0 Å². The molecule has 0 saturated carbocycles. The lowest BCUT2D eigenvalue weighted by molar-refractivity contribution is 0.402. The van der Waals surface area contributed by atoms with E-state index in [2.05, 4.69) is 40.2 Å². The molecule has 4 rings (SSSR count). The van der Waals surface area contributed by atoms with E-state index in [1.54, 1.807) is 11.3 Å². The molecule has 1 fully saturated rings. The zero-order chi connectivity index (χ0) is 13.5. The van der Waals surface area contributed by atoms with Crippen molar-refractivity contribution in [1.29, 1.82) is 0 Å². The van der Waals surface area contributed by atoms with Crippen LogP contribution in [-0.4, -0.2) is 38.8 Å². The first kappa shape index (κ1) is 12.5. The van der Waals surface area contributed by atoms with Gasteiger partial charge in [-0.05, 0) is 31.0 Å². The van der Waals surface area contributed by atoms with Crippen LogP contribution in [0.3, 0.4) is 0 Å². The maximum absolute atomic E-state index is 3.59. The largest absolute Gasteiger partial charge is 0.368 e. The van der Waals surface area contributed by atoms with Crippen LogP contribution >= 0.6 is 0 Å². The van der Waals surface area contributed by atoms with Crippen LogP contribution in [0.2, 0.25) is 0 Å².